The highest BCUT2D eigenvalue weighted by atomic mass is 35.5. The van der Waals surface area contributed by atoms with Crippen LogP contribution in [-0.2, 0) is 18.3 Å². The summed E-state index contributed by atoms with van der Waals surface area (Å²) in [5.74, 6) is 1.97. The lowest BCUT2D eigenvalue weighted by atomic mass is 10.3. The molecule has 6 nitrogen and oxygen atoms in total. The normalized spacial score (nSPS) is 10.6. The Labute approximate surface area is 166 Å². The molecule has 1 heterocycles. The highest BCUT2D eigenvalue weighted by molar-refractivity contribution is 7.99. The minimum Gasteiger partial charge on any atom is -0.493 e. The van der Waals surface area contributed by atoms with Gasteiger partial charge in [0, 0.05) is 12.8 Å². The Bertz CT molecular complexity index is 902. The van der Waals surface area contributed by atoms with Crippen LogP contribution in [0.1, 0.15) is 5.82 Å². The number of hydrogen-bond acceptors (Lipinski definition) is 5. The number of nitrogens with one attached hydrogen (secondary N) is 1. The summed E-state index contributed by atoms with van der Waals surface area (Å²) in [6, 6.07) is 16.8. The molecule has 3 rings (SSSR count). The first kappa shape index (κ1) is 19.3. The summed E-state index contributed by atoms with van der Waals surface area (Å²) in [5, 5.41) is 12.3. The van der Waals surface area contributed by atoms with Crippen LogP contribution >= 0.6 is 23.4 Å². The van der Waals surface area contributed by atoms with E-state index in [9.17, 15) is 4.79 Å². The van der Waals surface area contributed by atoms with Crippen LogP contribution in [0.15, 0.2) is 59.8 Å². The molecular formula is C19H19ClN4O2S. The SMILES string of the molecule is Cn1c(CC(=O)Nc2ccccc2Cl)nnc1SCCOc1ccccc1. The Morgan fingerprint density at radius 1 is 1.15 bits per heavy atom. The molecule has 8 heteroatoms. The fourth-order valence-electron chi connectivity index (χ4n) is 2.33. The zero-order valence-electron chi connectivity index (χ0n) is 14.8. The predicted molar refractivity (Wildman–Crippen MR) is 107 cm³/mol. The number of amides is 1. The summed E-state index contributed by atoms with van der Waals surface area (Å²) in [4.78, 5) is 12.2. The van der Waals surface area contributed by atoms with E-state index in [0.29, 0.717) is 23.1 Å². The van der Waals surface area contributed by atoms with Gasteiger partial charge < -0.3 is 14.6 Å². The molecular weight excluding hydrogens is 384 g/mol. The fraction of sp³-hybridized carbons (Fsp3) is 0.211. The van der Waals surface area contributed by atoms with Crippen LogP contribution < -0.4 is 10.1 Å². The van der Waals surface area contributed by atoms with Gasteiger partial charge in [0.25, 0.3) is 0 Å². The maximum absolute atomic E-state index is 12.2. The molecule has 0 fully saturated rings. The first-order chi connectivity index (χ1) is 13.1. The number of para-hydroxylation sites is 2. The molecule has 0 aliphatic heterocycles. The lowest BCUT2D eigenvalue weighted by Crippen LogP contribution is -2.17. The van der Waals surface area contributed by atoms with Crippen molar-refractivity contribution in [1.29, 1.82) is 0 Å². The van der Waals surface area contributed by atoms with Crippen molar-refractivity contribution in [2.75, 3.05) is 17.7 Å². The van der Waals surface area contributed by atoms with Crippen LogP contribution in [0.4, 0.5) is 5.69 Å². The summed E-state index contributed by atoms with van der Waals surface area (Å²) in [5.41, 5.74) is 0.582. The topological polar surface area (TPSA) is 69.0 Å². The molecule has 1 amide bonds. The second-order valence-corrected chi connectivity index (χ2v) is 7.14. The van der Waals surface area contributed by atoms with E-state index in [1.54, 1.807) is 12.1 Å². The molecule has 0 saturated heterocycles. The Morgan fingerprint density at radius 3 is 2.67 bits per heavy atom. The Morgan fingerprint density at radius 2 is 1.89 bits per heavy atom. The number of anilines is 1. The lowest BCUT2D eigenvalue weighted by Gasteiger charge is -2.07. The quantitative estimate of drug-likeness (QED) is 0.458. The summed E-state index contributed by atoms with van der Waals surface area (Å²) < 4.78 is 7.48. The number of ether oxygens (including phenoxy) is 1. The minimum atomic E-state index is -0.192. The van der Waals surface area contributed by atoms with Crippen LogP contribution in [0, 0.1) is 0 Å². The monoisotopic (exact) mass is 402 g/mol. The van der Waals surface area contributed by atoms with E-state index in [-0.39, 0.29) is 12.3 Å². The van der Waals surface area contributed by atoms with Gasteiger partial charge in [0.1, 0.15) is 11.6 Å². The highest BCUT2D eigenvalue weighted by Gasteiger charge is 2.14. The molecule has 2 aromatic carbocycles. The molecule has 0 bridgehead atoms. The number of carbonyl (C=O) groups excluding carboxylic acids is 1. The number of rotatable bonds is 8. The maximum atomic E-state index is 12.2. The molecule has 0 aliphatic carbocycles. The van der Waals surface area contributed by atoms with Crippen molar-refractivity contribution in [2.24, 2.45) is 7.05 Å². The number of benzene rings is 2. The van der Waals surface area contributed by atoms with Crippen LogP contribution in [0.25, 0.3) is 0 Å². The van der Waals surface area contributed by atoms with Crippen LogP contribution in [-0.4, -0.2) is 33.0 Å². The van der Waals surface area contributed by atoms with Crippen molar-refractivity contribution >= 4 is 35.0 Å². The summed E-state index contributed by atoms with van der Waals surface area (Å²) in [6.45, 7) is 0.559. The molecule has 0 atom stereocenters. The van der Waals surface area contributed by atoms with Gasteiger partial charge in [-0.3, -0.25) is 4.79 Å². The van der Waals surface area contributed by atoms with Crippen LogP contribution in [0.3, 0.4) is 0 Å². The third-order valence-corrected chi connectivity index (χ3v) is 5.03. The van der Waals surface area contributed by atoms with Crippen LogP contribution in [0.5, 0.6) is 5.75 Å². The van der Waals surface area contributed by atoms with Gasteiger partial charge in [-0.1, -0.05) is 53.7 Å². The van der Waals surface area contributed by atoms with Gasteiger partial charge in [-0.15, -0.1) is 10.2 Å². The van der Waals surface area contributed by atoms with Crippen LogP contribution in [0.2, 0.25) is 5.02 Å². The summed E-state index contributed by atoms with van der Waals surface area (Å²) in [7, 11) is 1.85. The standard InChI is InChI=1S/C19H19ClN4O2S/c1-24-17(13-18(25)21-16-10-6-5-9-15(16)20)22-23-19(24)27-12-11-26-14-7-3-2-4-8-14/h2-10H,11-13H2,1H3,(H,21,25). The van der Waals surface area contributed by atoms with E-state index in [0.717, 1.165) is 16.7 Å². The zero-order chi connectivity index (χ0) is 19.1. The van der Waals surface area contributed by atoms with Gasteiger partial charge >= 0.3 is 0 Å². The number of nitrogens with zero attached hydrogens (tertiary/aromatic N) is 3. The van der Waals surface area contributed by atoms with E-state index < -0.39 is 0 Å². The van der Waals surface area contributed by atoms with E-state index in [1.807, 2.05) is 54.1 Å². The smallest absolute Gasteiger partial charge is 0.232 e. The van der Waals surface area contributed by atoms with Gasteiger partial charge in [0.05, 0.1) is 23.7 Å². The molecule has 1 aromatic heterocycles. The molecule has 0 aliphatic rings. The third-order valence-electron chi connectivity index (χ3n) is 3.72. The Balaban J connectivity index is 1.49. The van der Waals surface area contributed by atoms with Gasteiger partial charge in [0.2, 0.25) is 5.91 Å². The van der Waals surface area contributed by atoms with Crippen molar-refractivity contribution in [2.45, 2.75) is 11.6 Å². The van der Waals surface area contributed by atoms with E-state index in [2.05, 4.69) is 15.5 Å². The van der Waals surface area contributed by atoms with E-state index in [1.165, 1.54) is 11.8 Å². The summed E-state index contributed by atoms with van der Waals surface area (Å²) in [6.07, 6.45) is 0.121. The molecule has 3 aromatic rings. The number of thioether (sulfide) groups is 1. The first-order valence-corrected chi connectivity index (χ1v) is 9.73. The Hall–Kier alpha value is -2.51. The second kappa shape index (κ2) is 9.43. The molecule has 27 heavy (non-hydrogen) atoms. The van der Waals surface area contributed by atoms with E-state index >= 15 is 0 Å². The fourth-order valence-corrected chi connectivity index (χ4v) is 3.26. The van der Waals surface area contributed by atoms with Gasteiger partial charge in [-0.2, -0.15) is 0 Å². The molecule has 1 N–H and O–H groups in total. The number of halogens is 1. The average Bonchev–Trinajstić information content (AvgIpc) is 3.01. The van der Waals surface area contributed by atoms with Crippen molar-refractivity contribution in [3.8, 4) is 5.75 Å². The number of hydrogen-bond donors (Lipinski definition) is 1. The first-order valence-electron chi connectivity index (χ1n) is 8.37. The number of aromatic nitrogens is 3. The summed E-state index contributed by atoms with van der Waals surface area (Å²) >= 11 is 7.59. The predicted octanol–water partition coefficient (Wildman–Crippen LogP) is 3.82. The van der Waals surface area contributed by atoms with Crippen molar-refractivity contribution < 1.29 is 9.53 Å². The minimum absolute atomic E-state index is 0.121. The van der Waals surface area contributed by atoms with Crippen molar-refractivity contribution in [1.82, 2.24) is 14.8 Å². The molecule has 0 radical (unpaired) electrons. The molecule has 0 spiro atoms. The average molecular weight is 403 g/mol. The maximum Gasteiger partial charge on any atom is 0.232 e. The Kier molecular flexibility index (Phi) is 6.73. The number of carbonyl (C=O) groups is 1. The lowest BCUT2D eigenvalue weighted by molar-refractivity contribution is -0.115. The van der Waals surface area contributed by atoms with Crippen molar-refractivity contribution in [3.05, 3.63) is 65.4 Å². The largest absolute Gasteiger partial charge is 0.493 e. The van der Waals surface area contributed by atoms with Gasteiger partial charge in [-0.05, 0) is 24.3 Å². The molecule has 0 unspecified atom stereocenters. The van der Waals surface area contributed by atoms with Crippen molar-refractivity contribution in [3.63, 3.8) is 0 Å². The highest BCUT2D eigenvalue weighted by Crippen LogP contribution is 2.21. The molecule has 140 valence electrons. The van der Waals surface area contributed by atoms with E-state index in [4.69, 9.17) is 16.3 Å². The van der Waals surface area contributed by atoms with Gasteiger partial charge in [-0.25, -0.2) is 0 Å². The second-order valence-electron chi connectivity index (χ2n) is 5.67. The zero-order valence-corrected chi connectivity index (χ0v) is 16.3. The van der Waals surface area contributed by atoms with Gasteiger partial charge in [0.15, 0.2) is 5.16 Å². The molecule has 0 saturated carbocycles. The third kappa shape index (κ3) is 5.48.